The van der Waals surface area contributed by atoms with Crippen LogP contribution in [0.4, 0.5) is 10.1 Å². The van der Waals surface area contributed by atoms with E-state index in [9.17, 15) is 14.0 Å². The Balaban J connectivity index is 1.54. The number of hydrogen-bond acceptors (Lipinski definition) is 4. The molecule has 1 aliphatic rings. The second kappa shape index (κ2) is 6.35. The number of amides is 2. The lowest BCUT2D eigenvalue weighted by Gasteiger charge is -2.07. The number of carbonyl (C=O) groups is 2. The van der Waals surface area contributed by atoms with E-state index in [-0.39, 0.29) is 13.3 Å². The van der Waals surface area contributed by atoms with Crippen molar-refractivity contribution in [1.82, 2.24) is 5.32 Å². The molecule has 0 unspecified atom stereocenters. The molecule has 0 aliphatic carbocycles. The van der Waals surface area contributed by atoms with Crippen LogP contribution in [0.15, 0.2) is 42.5 Å². The molecule has 23 heavy (non-hydrogen) atoms. The Morgan fingerprint density at radius 2 is 1.74 bits per heavy atom. The van der Waals surface area contributed by atoms with E-state index < -0.39 is 17.6 Å². The zero-order chi connectivity index (χ0) is 16.2. The Morgan fingerprint density at radius 3 is 2.52 bits per heavy atom. The van der Waals surface area contributed by atoms with Crippen LogP contribution in [0.2, 0.25) is 0 Å². The van der Waals surface area contributed by atoms with E-state index in [1.807, 2.05) is 0 Å². The monoisotopic (exact) mass is 316 g/mol. The maximum atomic E-state index is 12.8. The highest BCUT2D eigenvalue weighted by atomic mass is 19.1. The van der Waals surface area contributed by atoms with Crippen molar-refractivity contribution in [1.29, 1.82) is 0 Å². The first-order valence-corrected chi connectivity index (χ1v) is 6.85. The van der Waals surface area contributed by atoms with Gasteiger partial charge in [-0.2, -0.15) is 0 Å². The van der Waals surface area contributed by atoms with E-state index in [1.165, 1.54) is 24.3 Å². The Morgan fingerprint density at radius 1 is 1.00 bits per heavy atom. The van der Waals surface area contributed by atoms with Crippen molar-refractivity contribution in [2.24, 2.45) is 0 Å². The van der Waals surface area contributed by atoms with Crippen molar-refractivity contribution in [3.8, 4) is 11.5 Å². The molecule has 2 aromatic rings. The molecule has 2 N–H and O–H groups in total. The summed E-state index contributed by atoms with van der Waals surface area (Å²) in [5, 5.41) is 4.88. The summed E-state index contributed by atoms with van der Waals surface area (Å²) in [7, 11) is 0. The fraction of sp³-hybridized carbons (Fsp3) is 0.125. The van der Waals surface area contributed by atoms with Crippen molar-refractivity contribution in [2.45, 2.75) is 6.54 Å². The molecule has 0 saturated carbocycles. The first kappa shape index (κ1) is 14.8. The summed E-state index contributed by atoms with van der Waals surface area (Å²) in [4.78, 5) is 23.5. The van der Waals surface area contributed by atoms with Crippen molar-refractivity contribution in [3.63, 3.8) is 0 Å². The van der Waals surface area contributed by atoms with Gasteiger partial charge in [-0.3, -0.25) is 9.59 Å². The number of ether oxygens (including phenoxy) is 2. The zero-order valence-corrected chi connectivity index (χ0v) is 12.0. The molecule has 1 heterocycles. The van der Waals surface area contributed by atoms with E-state index in [0.717, 1.165) is 5.56 Å². The molecule has 6 nitrogen and oxygen atoms in total. The molecule has 0 fully saturated rings. The van der Waals surface area contributed by atoms with Crippen LogP contribution in [0.5, 0.6) is 11.5 Å². The van der Waals surface area contributed by atoms with E-state index in [4.69, 9.17) is 9.47 Å². The van der Waals surface area contributed by atoms with Gasteiger partial charge in [0.15, 0.2) is 11.5 Å². The van der Waals surface area contributed by atoms with E-state index >= 15 is 0 Å². The highest BCUT2D eigenvalue weighted by Crippen LogP contribution is 2.32. The summed E-state index contributed by atoms with van der Waals surface area (Å²) in [5.41, 5.74) is 1.12. The maximum Gasteiger partial charge on any atom is 0.313 e. The molecule has 3 rings (SSSR count). The highest BCUT2D eigenvalue weighted by Gasteiger charge is 2.16. The van der Waals surface area contributed by atoms with Gasteiger partial charge < -0.3 is 20.1 Å². The van der Waals surface area contributed by atoms with Crippen LogP contribution >= 0.6 is 0 Å². The summed E-state index contributed by atoms with van der Waals surface area (Å²) >= 11 is 0. The molecular formula is C16H13FN2O4. The lowest BCUT2D eigenvalue weighted by atomic mass is 10.2. The topological polar surface area (TPSA) is 76.7 Å². The molecule has 118 valence electrons. The smallest absolute Gasteiger partial charge is 0.313 e. The largest absolute Gasteiger partial charge is 0.454 e. The molecule has 0 spiro atoms. The number of hydrogen-bond donors (Lipinski definition) is 2. The molecule has 2 amide bonds. The minimum Gasteiger partial charge on any atom is -0.454 e. The van der Waals surface area contributed by atoms with Crippen molar-refractivity contribution in [2.75, 3.05) is 12.1 Å². The van der Waals surface area contributed by atoms with Crippen LogP contribution in [0.25, 0.3) is 0 Å². The molecule has 2 aromatic carbocycles. The van der Waals surface area contributed by atoms with Gasteiger partial charge in [0.2, 0.25) is 6.79 Å². The van der Waals surface area contributed by atoms with Crippen LogP contribution in [-0.2, 0) is 16.1 Å². The Bertz CT molecular complexity index is 746. The number of fused-ring (bicyclic) bond motifs is 1. The summed E-state index contributed by atoms with van der Waals surface area (Å²) in [5.74, 6) is -0.777. The van der Waals surface area contributed by atoms with Crippen LogP contribution < -0.4 is 20.1 Å². The third-order valence-corrected chi connectivity index (χ3v) is 3.20. The molecule has 7 heteroatoms. The Labute approximate surface area is 131 Å². The van der Waals surface area contributed by atoms with Gasteiger partial charge >= 0.3 is 11.8 Å². The van der Waals surface area contributed by atoms with Gasteiger partial charge in [-0.05, 0) is 42.0 Å². The summed E-state index contributed by atoms with van der Waals surface area (Å²) in [6, 6.07) is 10.4. The van der Waals surface area contributed by atoms with Crippen molar-refractivity contribution < 1.29 is 23.5 Å². The number of anilines is 1. The van der Waals surface area contributed by atoms with Gasteiger partial charge in [0.1, 0.15) is 5.82 Å². The second-order valence-corrected chi connectivity index (χ2v) is 4.83. The van der Waals surface area contributed by atoms with Crippen LogP contribution in [-0.4, -0.2) is 18.6 Å². The Kier molecular flexibility index (Phi) is 4.09. The third-order valence-electron chi connectivity index (χ3n) is 3.20. The van der Waals surface area contributed by atoms with Gasteiger partial charge in [0, 0.05) is 12.2 Å². The first-order chi connectivity index (χ1) is 11.1. The van der Waals surface area contributed by atoms with Crippen LogP contribution in [0.3, 0.4) is 0 Å². The first-order valence-electron chi connectivity index (χ1n) is 6.85. The van der Waals surface area contributed by atoms with Gasteiger partial charge in [0.25, 0.3) is 0 Å². The number of benzene rings is 2. The molecule has 1 aliphatic heterocycles. The number of halogens is 1. The average Bonchev–Trinajstić information content (AvgIpc) is 3.02. The lowest BCUT2D eigenvalue weighted by molar-refractivity contribution is -0.136. The average molecular weight is 316 g/mol. The maximum absolute atomic E-state index is 12.8. The SMILES string of the molecule is O=C(NCc1ccc2c(c1)OCO2)C(=O)Nc1ccc(F)cc1. The molecule has 0 saturated heterocycles. The normalized spacial score (nSPS) is 11.9. The van der Waals surface area contributed by atoms with Gasteiger partial charge in [-0.1, -0.05) is 6.07 Å². The fourth-order valence-electron chi connectivity index (χ4n) is 2.03. The van der Waals surface area contributed by atoms with Crippen LogP contribution in [0.1, 0.15) is 5.56 Å². The van der Waals surface area contributed by atoms with Crippen LogP contribution in [0, 0.1) is 5.82 Å². The number of nitrogens with one attached hydrogen (secondary N) is 2. The molecular weight excluding hydrogens is 303 g/mol. The number of rotatable bonds is 3. The van der Waals surface area contributed by atoms with Gasteiger partial charge in [-0.25, -0.2) is 4.39 Å². The summed E-state index contributed by atoms with van der Waals surface area (Å²) < 4.78 is 23.2. The van der Waals surface area contributed by atoms with E-state index in [0.29, 0.717) is 17.2 Å². The quantitative estimate of drug-likeness (QED) is 0.847. The van der Waals surface area contributed by atoms with Crippen molar-refractivity contribution >= 4 is 17.5 Å². The standard InChI is InChI=1S/C16H13FN2O4/c17-11-2-4-12(5-3-11)19-16(21)15(20)18-8-10-1-6-13-14(7-10)23-9-22-13/h1-7H,8-9H2,(H,18,20)(H,19,21). The van der Waals surface area contributed by atoms with E-state index in [1.54, 1.807) is 18.2 Å². The molecule has 0 aromatic heterocycles. The molecule has 0 atom stereocenters. The highest BCUT2D eigenvalue weighted by molar-refractivity contribution is 6.39. The number of carbonyl (C=O) groups excluding carboxylic acids is 2. The summed E-state index contributed by atoms with van der Waals surface area (Å²) in [6.07, 6.45) is 0. The van der Waals surface area contributed by atoms with Gasteiger partial charge in [-0.15, -0.1) is 0 Å². The lowest BCUT2D eigenvalue weighted by Crippen LogP contribution is -2.34. The molecule has 0 bridgehead atoms. The fourth-order valence-corrected chi connectivity index (χ4v) is 2.03. The van der Waals surface area contributed by atoms with E-state index in [2.05, 4.69) is 10.6 Å². The molecule has 0 radical (unpaired) electrons. The minimum absolute atomic E-state index is 0.172. The minimum atomic E-state index is -0.822. The summed E-state index contributed by atoms with van der Waals surface area (Å²) in [6.45, 7) is 0.345. The predicted molar refractivity (Wildman–Crippen MR) is 79.4 cm³/mol. The van der Waals surface area contributed by atoms with Gasteiger partial charge in [0.05, 0.1) is 0 Å². The third kappa shape index (κ3) is 3.57. The predicted octanol–water partition coefficient (Wildman–Crippen LogP) is 1.81. The van der Waals surface area contributed by atoms with Crippen molar-refractivity contribution in [3.05, 3.63) is 53.8 Å². The Hall–Kier alpha value is -3.09. The second-order valence-electron chi connectivity index (χ2n) is 4.83. The zero-order valence-electron chi connectivity index (χ0n) is 12.0.